The Morgan fingerprint density at radius 2 is 2.53 bits per heavy atom. The van der Waals surface area contributed by atoms with Gasteiger partial charge in [0.25, 0.3) is 5.91 Å². The van der Waals surface area contributed by atoms with Crippen LogP contribution in [0.4, 0.5) is 0 Å². The maximum Gasteiger partial charge on any atom is 0.287 e. The average molecular weight is 268 g/mol. The summed E-state index contributed by atoms with van der Waals surface area (Å²) in [5, 5.41) is 3.68. The van der Waals surface area contributed by atoms with Gasteiger partial charge in [-0.2, -0.15) is 0 Å². The Balaban J connectivity index is 1.97. The molecule has 0 saturated carbocycles. The summed E-state index contributed by atoms with van der Waals surface area (Å²) in [6, 6.07) is 1.61. The second kappa shape index (κ2) is 5.68. The van der Waals surface area contributed by atoms with Crippen molar-refractivity contribution in [3.05, 3.63) is 17.5 Å². The van der Waals surface area contributed by atoms with Crippen LogP contribution in [0.15, 0.2) is 10.6 Å². The first kappa shape index (κ1) is 14.0. The van der Waals surface area contributed by atoms with E-state index >= 15 is 0 Å². The second-order valence-electron chi connectivity index (χ2n) is 5.12. The van der Waals surface area contributed by atoms with Crippen molar-refractivity contribution in [1.29, 1.82) is 0 Å². The molecule has 2 rings (SSSR count). The predicted molar refractivity (Wildman–Crippen MR) is 68.1 cm³/mol. The highest BCUT2D eigenvalue weighted by atomic mass is 16.5. The van der Waals surface area contributed by atoms with Crippen molar-refractivity contribution < 1.29 is 14.1 Å². The molecule has 3 N–H and O–H groups in total. The van der Waals surface area contributed by atoms with E-state index in [-0.39, 0.29) is 11.3 Å². The van der Waals surface area contributed by atoms with Gasteiger partial charge < -0.3 is 9.26 Å². The molecule has 2 heterocycles. The zero-order valence-corrected chi connectivity index (χ0v) is 11.3. The number of hydrogen-bond acceptors (Lipinski definition) is 6. The van der Waals surface area contributed by atoms with Crippen LogP contribution in [0.5, 0.6) is 0 Å². The van der Waals surface area contributed by atoms with Crippen LogP contribution >= 0.6 is 0 Å². The van der Waals surface area contributed by atoms with Crippen LogP contribution in [-0.4, -0.2) is 41.8 Å². The number of methoxy groups -OCH3 is 1. The molecule has 1 aliphatic rings. The number of likely N-dealkylation sites (tertiary alicyclic amines) is 1. The lowest BCUT2D eigenvalue weighted by atomic mass is 9.95. The second-order valence-corrected chi connectivity index (χ2v) is 5.12. The minimum absolute atomic E-state index is 0.115. The van der Waals surface area contributed by atoms with Crippen molar-refractivity contribution in [1.82, 2.24) is 15.5 Å². The zero-order valence-electron chi connectivity index (χ0n) is 11.3. The normalized spacial score (nSPS) is 24.4. The lowest BCUT2D eigenvalue weighted by molar-refractivity contribution is -0.0541. The minimum Gasteiger partial charge on any atom is -0.377 e. The Bertz CT molecular complexity index is 448. The third kappa shape index (κ3) is 3.31. The molecule has 0 radical (unpaired) electrons. The van der Waals surface area contributed by atoms with Crippen LogP contribution < -0.4 is 11.3 Å². The summed E-state index contributed by atoms with van der Waals surface area (Å²) >= 11 is 0. The quantitative estimate of drug-likeness (QED) is 0.463. The number of amides is 1. The fraction of sp³-hybridized carbons (Fsp3) is 0.667. The monoisotopic (exact) mass is 268 g/mol. The summed E-state index contributed by atoms with van der Waals surface area (Å²) < 4.78 is 10.7. The number of nitrogens with two attached hydrogens (primary N) is 1. The molecule has 1 unspecified atom stereocenters. The van der Waals surface area contributed by atoms with Gasteiger partial charge >= 0.3 is 0 Å². The van der Waals surface area contributed by atoms with E-state index in [1.807, 2.05) is 5.43 Å². The van der Waals surface area contributed by atoms with Crippen LogP contribution in [-0.2, 0) is 11.3 Å². The van der Waals surface area contributed by atoms with Crippen LogP contribution in [0.25, 0.3) is 0 Å². The standard InChI is InChI=1S/C12H20N4O3/c1-12(18-2)4-3-5-16(8-12)7-9-6-10(15-19-9)11(17)14-13/h6H,3-5,7-8,13H2,1-2H3,(H,14,17). The SMILES string of the molecule is COC1(C)CCCN(Cc2cc(C(=O)NN)no2)C1. The van der Waals surface area contributed by atoms with Crippen LogP contribution in [0.3, 0.4) is 0 Å². The van der Waals surface area contributed by atoms with Crippen LogP contribution in [0, 0.1) is 0 Å². The smallest absolute Gasteiger partial charge is 0.287 e. The lowest BCUT2D eigenvalue weighted by Crippen LogP contribution is -2.46. The highest BCUT2D eigenvalue weighted by Crippen LogP contribution is 2.25. The summed E-state index contributed by atoms with van der Waals surface area (Å²) in [6.07, 6.45) is 2.13. The number of nitrogens with one attached hydrogen (secondary N) is 1. The van der Waals surface area contributed by atoms with Gasteiger partial charge in [0.05, 0.1) is 12.1 Å². The summed E-state index contributed by atoms with van der Waals surface area (Å²) in [5.74, 6) is 5.25. The molecule has 1 saturated heterocycles. The first-order valence-electron chi connectivity index (χ1n) is 6.30. The van der Waals surface area contributed by atoms with Gasteiger partial charge in [0.15, 0.2) is 11.5 Å². The number of carbonyl (C=O) groups is 1. The number of carbonyl (C=O) groups excluding carboxylic acids is 1. The number of nitrogen functional groups attached to an aromatic ring is 1. The first-order chi connectivity index (χ1) is 9.06. The van der Waals surface area contributed by atoms with Gasteiger partial charge in [0, 0.05) is 19.7 Å². The van der Waals surface area contributed by atoms with Crippen LogP contribution in [0.1, 0.15) is 36.0 Å². The van der Waals surface area contributed by atoms with Gasteiger partial charge in [0.2, 0.25) is 0 Å². The van der Waals surface area contributed by atoms with Crippen molar-refractivity contribution in [3.8, 4) is 0 Å². The number of hydrogen-bond donors (Lipinski definition) is 2. The summed E-state index contributed by atoms with van der Waals surface area (Å²) in [7, 11) is 1.74. The molecule has 0 aromatic carbocycles. The molecule has 1 amide bonds. The summed E-state index contributed by atoms with van der Waals surface area (Å²) in [4.78, 5) is 13.5. The number of nitrogens with zero attached hydrogens (tertiary/aromatic N) is 2. The van der Waals surface area contributed by atoms with Crippen molar-refractivity contribution in [2.45, 2.75) is 31.9 Å². The molecule has 1 aromatic heterocycles. The Morgan fingerprint density at radius 1 is 1.74 bits per heavy atom. The Morgan fingerprint density at radius 3 is 3.21 bits per heavy atom. The predicted octanol–water partition coefficient (Wildman–Crippen LogP) is 0.279. The van der Waals surface area contributed by atoms with E-state index in [2.05, 4.69) is 17.0 Å². The highest BCUT2D eigenvalue weighted by Gasteiger charge is 2.31. The Hall–Kier alpha value is -1.44. The van der Waals surface area contributed by atoms with Crippen molar-refractivity contribution >= 4 is 5.91 Å². The van der Waals surface area contributed by atoms with Gasteiger partial charge in [-0.1, -0.05) is 5.16 Å². The summed E-state index contributed by atoms with van der Waals surface area (Å²) in [5.41, 5.74) is 2.11. The Kier molecular flexibility index (Phi) is 4.18. The zero-order chi connectivity index (χ0) is 13.9. The maximum atomic E-state index is 11.3. The molecule has 1 aromatic rings. The number of ether oxygens (including phenoxy) is 1. The topological polar surface area (TPSA) is 93.6 Å². The number of rotatable bonds is 4. The van der Waals surface area contributed by atoms with Gasteiger partial charge in [-0.15, -0.1) is 0 Å². The first-order valence-corrected chi connectivity index (χ1v) is 6.30. The molecule has 0 spiro atoms. The van der Waals surface area contributed by atoms with E-state index in [1.165, 1.54) is 0 Å². The van der Waals surface area contributed by atoms with Gasteiger partial charge in [-0.05, 0) is 26.3 Å². The van der Waals surface area contributed by atoms with Crippen molar-refractivity contribution in [3.63, 3.8) is 0 Å². The van der Waals surface area contributed by atoms with Crippen LogP contribution in [0.2, 0.25) is 0 Å². The van der Waals surface area contributed by atoms with E-state index in [0.29, 0.717) is 12.3 Å². The molecule has 19 heavy (non-hydrogen) atoms. The van der Waals surface area contributed by atoms with E-state index in [1.54, 1.807) is 13.2 Å². The Labute approximate surface area is 112 Å². The molecule has 1 fully saturated rings. The largest absolute Gasteiger partial charge is 0.377 e. The maximum absolute atomic E-state index is 11.3. The third-order valence-corrected chi connectivity index (χ3v) is 3.53. The van der Waals surface area contributed by atoms with Gasteiger partial charge in [-0.3, -0.25) is 15.1 Å². The number of aromatic nitrogens is 1. The molecule has 106 valence electrons. The molecule has 1 atom stereocenters. The van der Waals surface area contributed by atoms with E-state index in [0.717, 1.165) is 25.9 Å². The third-order valence-electron chi connectivity index (χ3n) is 3.53. The molecular formula is C12H20N4O3. The number of piperidine rings is 1. The number of hydrazine groups is 1. The van der Waals surface area contributed by atoms with Crippen molar-refractivity contribution in [2.75, 3.05) is 20.2 Å². The molecular weight excluding hydrogens is 248 g/mol. The fourth-order valence-corrected chi connectivity index (χ4v) is 2.40. The molecule has 1 aliphatic heterocycles. The molecule has 0 aliphatic carbocycles. The van der Waals surface area contributed by atoms with E-state index in [9.17, 15) is 4.79 Å². The van der Waals surface area contributed by atoms with Gasteiger partial charge in [0.1, 0.15) is 0 Å². The highest BCUT2D eigenvalue weighted by molar-refractivity contribution is 5.91. The minimum atomic E-state index is -0.449. The van der Waals surface area contributed by atoms with E-state index < -0.39 is 5.91 Å². The fourth-order valence-electron chi connectivity index (χ4n) is 2.40. The average Bonchev–Trinajstić information content (AvgIpc) is 2.86. The van der Waals surface area contributed by atoms with E-state index in [4.69, 9.17) is 15.1 Å². The molecule has 0 bridgehead atoms. The lowest BCUT2D eigenvalue weighted by Gasteiger charge is -2.38. The van der Waals surface area contributed by atoms with Crippen molar-refractivity contribution in [2.24, 2.45) is 5.84 Å². The summed E-state index contributed by atoms with van der Waals surface area (Å²) in [6.45, 7) is 4.54. The molecule has 7 heteroatoms. The van der Waals surface area contributed by atoms with Gasteiger partial charge in [-0.25, -0.2) is 5.84 Å². The molecule has 7 nitrogen and oxygen atoms in total.